The molecule has 3 fully saturated rings. The van der Waals surface area contributed by atoms with Gasteiger partial charge in [0.2, 0.25) is 11.5 Å². The molecule has 6 nitrogen and oxygen atoms in total. The Labute approximate surface area is 227 Å². The van der Waals surface area contributed by atoms with E-state index in [0.29, 0.717) is 37.0 Å². The molecule has 2 aromatic carbocycles. The molecule has 2 aromatic rings. The van der Waals surface area contributed by atoms with E-state index in [4.69, 9.17) is 5.73 Å². The molecule has 2 amide bonds. The van der Waals surface area contributed by atoms with Gasteiger partial charge in [-0.15, -0.1) is 12.4 Å². The molecule has 1 atom stereocenters. The average molecular weight is 572 g/mol. The van der Waals surface area contributed by atoms with E-state index in [-0.39, 0.29) is 24.9 Å². The first-order chi connectivity index (χ1) is 17.9. The van der Waals surface area contributed by atoms with Crippen LogP contribution in [0.4, 0.5) is 27.6 Å². The van der Waals surface area contributed by atoms with E-state index in [0.717, 1.165) is 54.8 Å². The van der Waals surface area contributed by atoms with Gasteiger partial charge in [0.25, 0.3) is 5.91 Å². The van der Waals surface area contributed by atoms with E-state index in [1.54, 1.807) is 0 Å². The Kier molecular flexibility index (Phi) is 6.71. The van der Waals surface area contributed by atoms with Gasteiger partial charge in [-0.05, 0) is 68.7 Å². The van der Waals surface area contributed by atoms with Gasteiger partial charge in [-0.2, -0.15) is 13.2 Å². The highest BCUT2D eigenvalue weighted by atomic mass is 35.5. The highest BCUT2D eigenvalue weighted by molar-refractivity contribution is 6.11. The first kappa shape index (κ1) is 27.8. The predicted molar refractivity (Wildman–Crippen MR) is 133 cm³/mol. The van der Waals surface area contributed by atoms with Gasteiger partial charge in [-0.25, -0.2) is 8.78 Å². The molecular formula is C27H27ClF5N3O3. The van der Waals surface area contributed by atoms with Crippen molar-refractivity contribution in [3.8, 4) is 0 Å². The quantitative estimate of drug-likeness (QED) is 0.480. The van der Waals surface area contributed by atoms with E-state index < -0.39 is 63.2 Å². The zero-order chi connectivity index (χ0) is 27.1. The largest absolute Gasteiger partial charge is 0.416 e. The Morgan fingerprint density at radius 1 is 1.03 bits per heavy atom. The number of alkyl halides is 3. The molecular weight excluding hydrogens is 545 g/mol. The van der Waals surface area contributed by atoms with Crippen LogP contribution in [-0.4, -0.2) is 46.5 Å². The molecule has 3 saturated carbocycles. The first-order valence-electron chi connectivity index (χ1n) is 12.7. The van der Waals surface area contributed by atoms with Gasteiger partial charge >= 0.3 is 6.18 Å². The van der Waals surface area contributed by atoms with Crippen molar-refractivity contribution in [3.63, 3.8) is 0 Å². The SMILES string of the molecule is Cl.NC(=O)c1cc2c(c(C(F)(F)F)c1)C(O)(c1c(F)cccc1F)C(=O)N2C[C@H]1C[C@H](N(C2CC2)C2CC2)C1. The number of hydrogen-bond donors (Lipinski definition) is 2. The van der Waals surface area contributed by atoms with E-state index in [1.807, 2.05) is 0 Å². The third-order valence-electron chi connectivity index (χ3n) is 8.25. The molecule has 1 heterocycles. The fourth-order valence-corrected chi connectivity index (χ4v) is 6.25. The maximum Gasteiger partial charge on any atom is 0.416 e. The van der Waals surface area contributed by atoms with Crippen LogP contribution in [0.25, 0.3) is 0 Å². The van der Waals surface area contributed by atoms with Crippen molar-refractivity contribution in [2.24, 2.45) is 11.7 Å². The highest BCUT2D eigenvalue weighted by Gasteiger charge is 2.59. The zero-order valence-electron chi connectivity index (χ0n) is 20.7. The van der Waals surface area contributed by atoms with E-state index >= 15 is 0 Å². The van der Waals surface area contributed by atoms with Gasteiger partial charge in [0.15, 0.2) is 0 Å². The molecule has 0 saturated heterocycles. The molecule has 3 aliphatic carbocycles. The maximum atomic E-state index is 14.9. The standard InChI is InChI=1S/C27H26F5N3O3.ClH/c28-19-2-1-3-20(29)23(19)26(38)22-18(27(30,31)32)10-14(24(33)36)11-21(22)34(25(26)37)12-13-8-17(9-13)35(15-4-5-15)16-6-7-16;/h1-3,10-11,13,15-17,38H,4-9,12H2,(H2,33,36);1H/t13-,17-,26?;. The molecule has 0 radical (unpaired) electrons. The van der Waals surface area contributed by atoms with Crippen LogP contribution >= 0.6 is 12.4 Å². The first-order valence-corrected chi connectivity index (χ1v) is 12.7. The smallest absolute Gasteiger partial charge is 0.371 e. The highest BCUT2D eigenvalue weighted by Crippen LogP contribution is 2.53. The van der Waals surface area contributed by atoms with Crippen LogP contribution in [0, 0.1) is 17.6 Å². The Morgan fingerprint density at radius 3 is 2.08 bits per heavy atom. The number of benzene rings is 2. The number of nitrogens with two attached hydrogens (primary N) is 1. The van der Waals surface area contributed by atoms with Gasteiger partial charge < -0.3 is 15.7 Å². The minimum atomic E-state index is -5.17. The van der Waals surface area contributed by atoms with Crippen molar-refractivity contribution in [3.05, 3.63) is 64.2 Å². The van der Waals surface area contributed by atoms with Crippen molar-refractivity contribution < 1.29 is 36.6 Å². The summed E-state index contributed by atoms with van der Waals surface area (Å²) in [5, 5.41) is 11.6. The minimum Gasteiger partial charge on any atom is -0.371 e. The molecule has 39 heavy (non-hydrogen) atoms. The van der Waals surface area contributed by atoms with Gasteiger partial charge in [0, 0.05) is 35.8 Å². The number of amides is 2. The van der Waals surface area contributed by atoms with E-state index in [1.165, 1.54) is 0 Å². The lowest BCUT2D eigenvalue weighted by molar-refractivity contribution is -0.142. The number of fused-ring (bicyclic) bond motifs is 1. The summed E-state index contributed by atoms with van der Waals surface area (Å²) in [4.78, 5) is 29.1. The number of nitrogens with zero attached hydrogens (tertiary/aromatic N) is 2. The molecule has 6 rings (SSSR count). The lowest BCUT2D eigenvalue weighted by atomic mass is 9.78. The summed E-state index contributed by atoms with van der Waals surface area (Å²) in [7, 11) is 0. The number of carbonyl (C=O) groups excluding carboxylic acids is 2. The number of carbonyl (C=O) groups is 2. The monoisotopic (exact) mass is 571 g/mol. The fraction of sp³-hybridized carbons (Fsp3) is 0.481. The molecule has 3 N–H and O–H groups in total. The van der Waals surface area contributed by atoms with Crippen LogP contribution in [0.15, 0.2) is 30.3 Å². The van der Waals surface area contributed by atoms with Crippen LogP contribution in [0.1, 0.15) is 65.6 Å². The number of hydrogen-bond acceptors (Lipinski definition) is 4. The molecule has 0 aromatic heterocycles. The number of anilines is 1. The van der Waals surface area contributed by atoms with Gasteiger partial charge in [-0.3, -0.25) is 14.5 Å². The summed E-state index contributed by atoms with van der Waals surface area (Å²) in [5.41, 5.74) is -2.70. The van der Waals surface area contributed by atoms with Crippen molar-refractivity contribution in [2.75, 3.05) is 11.4 Å². The van der Waals surface area contributed by atoms with Crippen LogP contribution in [0.2, 0.25) is 0 Å². The summed E-state index contributed by atoms with van der Waals surface area (Å²) in [6, 6.07) is 5.32. The summed E-state index contributed by atoms with van der Waals surface area (Å²) in [5.74, 6) is -5.31. The van der Waals surface area contributed by atoms with Crippen LogP contribution in [-0.2, 0) is 16.6 Å². The van der Waals surface area contributed by atoms with Gasteiger partial charge in [0.1, 0.15) is 11.6 Å². The third kappa shape index (κ3) is 4.48. The van der Waals surface area contributed by atoms with Crippen molar-refractivity contribution in [1.29, 1.82) is 0 Å². The topological polar surface area (TPSA) is 86.9 Å². The Bertz CT molecular complexity index is 1310. The lowest BCUT2D eigenvalue weighted by Gasteiger charge is -2.45. The predicted octanol–water partition coefficient (Wildman–Crippen LogP) is 4.49. The molecule has 210 valence electrons. The molecule has 12 heteroatoms. The summed E-state index contributed by atoms with van der Waals surface area (Å²) >= 11 is 0. The van der Waals surface area contributed by atoms with Gasteiger partial charge in [-0.1, -0.05) is 6.07 Å². The molecule has 4 aliphatic rings. The maximum absolute atomic E-state index is 14.9. The number of primary amides is 1. The molecule has 0 spiro atoms. The van der Waals surface area contributed by atoms with Gasteiger partial charge in [0.05, 0.1) is 16.8 Å². The Balaban J connectivity index is 0.00000308. The fourth-order valence-electron chi connectivity index (χ4n) is 6.25. The third-order valence-corrected chi connectivity index (χ3v) is 8.25. The van der Waals surface area contributed by atoms with Crippen LogP contribution in [0.3, 0.4) is 0 Å². The lowest BCUT2D eigenvalue weighted by Crippen LogP contribution is -2.51. The van der Waals surface area contributed by atoms with Crippen molar-refractivity contribution in [2.45, 2.75) is 68.4 Å². The van der Waals surface area contributed by atoms with E-state index in [9.17, 15) is 36.6 Å². The zero-order valence-corrected chi connectivity index (χ0v) is 21.5. The van der Waals surface area contributed by atoms with Crippen molar-refractivity contribution >= 4 is 29.9 Å². The summed E-state index contributed by atoms with van der Waals surface area (Å²) in [6.45, 7) is -0.0661. The Hall–Kier alpha value is -2.76. The average Bonchev–Trinajstić information content (AvgIpc) is 3.73. The summed E-state index contributed by atoms with van der Waals surface area (Å²) in [6.07, 6.45) is 0.832. The van der Waals surface area contributed by atoms with Crippen molar-refractivity contribution in [1.82, 2.24) is 4.90 Å². The molecule has 1 unspecified atom stereocenters. The van der Waals surface area contributed by atoms with Crippen LogP contribution < -0.4 is 10.6 Å². The second-order valence-electron chi connectivity index (χ2n) is 10.9. The van der Waals surface area contributed by atoms with Crippen LogP contribution in [0.5, 0.6) is 0 Å². The number of rotatable bonds is 7. The normalized spacial score (nSPS) is 26.3. The summed E-state index contributed by atoms with van der Waals surface area (Å²) < 4.78 is 72.6. The minimum absolute atomic E-state index is 0. The second-order valence-corrected chi connectivity index (χ2v) is 10.9. The Morgan fingerprint density at radius 2 is 1.59 bits per heavy atom. The van der Waals surface area contributed by atoms with E-state index in [2.05, 4.69) is 4.90 Å². The second kappa shape index (κ2) is 9.42. The number of aliphatic hydroxyl groups is 1. The number of halogens is 6. The molecule has 0 bridgehead atoms. The molecule has 1 aliphatic heterocycles.